The fourth-order valence-corrected chi connectivity index (χ4v) is 2.17. The van der Waals surface area contributed by atoms with Gasteiger partial charge in [0.05, 0.1) is 17.8 Å². The van der Waals surface area contributed by atoms with Gasteiger partial charge in [-0.1, -0.05) is 5.16 Å². The summed E-state index contributed by atoms with van der Waals surface area (Å²) in [4.78, 5) is 2.21. The molecule has 0 saturated carbocycles. The minimum atomic E-state index is -0.548. The van der Waals surface area contributed by atoms with Gasteiger partial charge >= 0.3 is 0 Å². The quantitative estimate of drug-likeness (QED) is 0.800. The number of likely N-dealkylation sites (tertiary alicyclic amines) is 1. The molecule has 84 valence electrons. The van der Waals surface area contributed by atoms with Crippen molar-refractivity contribution in [2.75, 3.05) is 13.1 Å². The summed E-state index contributed by atoms with van der Waals surface area (Å²) in [5.74, 6) is 0.880. The molecule has 1 saturated heterocycles. The maximum absolute atomic E-state index is 9.94. The molecule has 0 radical (unpaired) electrons. The molecule has 0 aromatic carbocycles. The summed E-state index contributed by atoms with van der Waals surface area (Å²) in [6, 6.07) is 1.95. The normalized spacial score (nSPS) is 28.2. The average Bonchev–Trinajstić information content (AvgIpc) is 2.49. The molecule has 1 aromatic rings. The van der Waals surface area contributed by atoms with E-state index in [9.17, 15) is 5.11 Å². The largest absolute Gasteiger partial charge is 0.389 e. The van der Waals surface area contributed by atoms with E-state index in [-0.39, 0.29) is 0 Å². The van der Waals surface area contributed by atoms with Crippen molar-refractivity contribution in [1.29, 1.82) is 0 Å². The molecule has 0 amide bonds. The van der Waals surface area contributed by atoms with Crippen LogP contribution in [-0.4, -0.2) is 33.9 Å². The molecule has 0 aliphatic carbocycles. The molecule has 1 aliphatic heterocycles. The van der Waals surface area contributed by atoms with Gasteiger partial charge in [0.25, 0.3) is 0 Å². The van der Waals surface area contributed by atoms with E-state index in [1.165, 1.54) is 0 Å². The van der Waals surface area contributed by atoms with E-state index >= 15 is 0 Å². The van der Waals surface area contributed by atoms with Crippen LogP contribution in [0, 0.1) is 6.92 Å². The van der Waals surface area contributed by atoms with Crippen molar-refractivity contribution in [3.63, 3.8) is 0 Å². The number of rotatable bonds is 2. The SMILES string of the molecule is Cc1cc(CN2CCCC(C)(O)C2)on1. The molecule has 0 spiro atoms. The van der Waals surface area contributed by atoms with Gasteiger partial charge in [-0.15, -0.1) is 0 Å². The second kappa shape index (κ2) is 3.94. The summed E-state index contributed by atoms with van der Waals surface area (Å²) in [7, 11) is 0. The number of aromatic nitrogens is 1. The highest BCUT2D eigenvalue weighted by atomic mass is 16.5. The first-order valence-corrected chi connectivity index (χ1v) is 5.42. The lowest BCUT2D eigenvalue weighted by Gasteiger charge is -2.36. The molecule has 4 nitrogen and oxygen atoms in total. The number of nitrogens with zero attached hydrogens (tertiary/aromatic N) is 2. The van der Waals surface area contributed by atoms with Crippen molar-refractivity contribution >= 4 is 0 Å². The van der Waals surface area contributed by atoms with Gasteiger partial charge in [-0.3, -0.25) is 4.90 Å². The minimum Gasteiger partial charge on any atom is -0.389 e. The van der Waals surface area contributed by atoms with Gasteiger partial charge in [0, 0.05) is 12.6 Å². The molecule has 4 heteroatoms. The summed E-state index contributed by atoms with van der Waals surface area (Å²) in [6.07, 6.45) is 1.93. The van der Waals surface area contributed by atoms with E-state index < -0.39 is 5.60 Å². The van der Waals surface area contributed by atoms with E-state index in [1.54, 1.807) is 0 Å². The first-order valence-electron chi connectivity index (χ1n) is 5.42. The molecule has 1 N–H and O–H groups in total. The lowest BCUT2D eigenvalue weighted by molar-refractivity contribution is -0.0203. The van der Waals surface area contributed by atoms with Gasteiger partial charge in [-0.05, 0) is 33.2 Å². The lowest BCUT2D eigenvalue weighted by Crippen LogP contribution is -2.45. The summed E-state index contributed by atoms with van der Waals surface area (Å²) in [6.45, 7) is 6.30. The van der Waals surface area contributed by atoms with Crippen molar-refractivity contribution in [3.05, 3.63) is 17.5 Å². The monoisotopic (exact) mass is 210 g/mol. The number of hydrogen-bond donors (Lipinski definition) is 1. The van der Waals surface area contributed by atoms with Gasteiger partial charge in [0.2, 0.25) is 0 Å². The third-order valence-electron chi connectivity index (χ3n) is 2.81. The van der Waals surface area contributed by atoms with Gasteiger partial charge in [-0.2, -0.15) is 0 Å². The highest BCUT2D eigenvalue weighted by molar-refractivity contribution is 5.03. The maximum atomic E-state index is 9.94. The topological polar surface area (TPSA) is 49.5 Å². The first kappa shape index (κ1) is 10.6. The van der Waals surface area contributed by atoms with Crippen molar-refractivity contribution < 1.29 is 9.63 Å². The highest BCUT2D eigenvalue weighted by Crippen LogP contribution is 2.21. The van der Waals surface area contributed by atoms with Gasteiger partial charge in [0.15, 0.2) is 5.76 Å². The predicted octanol–water partition coefficient (Wildman–Crippen LogP) is 1.33. The molecular formula is C11H18N2O2. The standard InChI is InChI=1S/C11H18N2O2/c1-9-6-10(15-12-9)7-13-5-3-4-11(2,14)8-13/h6,14H,3-5,7-8H2,1-2H3. The summed E-state index contributed by atoms with van der Waals surface area (Å²) < 4.78 is 5.16. The molecule has 1 unspecified atom stereocenters. The van der Waals surface area contributed by atoms with Crippen LogP contribution in [-0.2, 0) is 6.54 Å². The van der Waals surface area contributed by atoms with Crippen LogP contribution in [0.1, 0.15) is 31.2 Å². The Balaban J connectivity index is 1.95. The zero-order chi connectivity index (χ0) is 10.9. The molecule has 2 heterocycles. The van der Waals surface area contributed by atoms with Crippen LogP contribution >= 0.6 is 0 Å². The first-order chi connectivity index (χ1) is 7.05. The van der Waals surface area contributed by atoms with E-state index in [2.05, 4.69) is 10.1 Å². The Morgan fingerprint density at radius 2 is 2.47 bits per heavy atom. The Kier molecular flexibility index (Phi) is 2.80. The van der Waals surface area contributed by atoms with E-state index in [4.69, 9.17) is 4.52 Å². The fraction of sp³-hybridized carbons (Fsp3) is 0.727. The van der Waals surface area contributed by atoms with Crippen molar-refractivity contribution in [2.45, 2.75) is 38.8 Å². The third kappa shape index (κ3) is 2.79. The van der Waals surface area contributed by atoms with Crippen LogP contribution < -0.4 is 0 Å². The van der Waals surface area contributed by atoms with Gasteiger partial charge < -0.3 is 9.63 Å². The predicted molar refractivity (Wildman–Crippen MR) is 56.4 cm³/mol. The highest BCUT2D eigenvalue weighted by Gasteiger charge is 2.28. The number of hydrogen-bond acceptors (Lipinski definition) is 4. The lowest BCUT2D eigenvalue weighted by atomic mass is 9.95. The summed E-state index contributed by atoms with van der Waals surface area (Å²) in [5.41, 5.74) is 0.363. The smallest absolute Gasteiger partial charge is 0.150 e. The number of aliphatic hydroxyl groups is 1. The second-order valence-electron chi connectivity index (χ2n) is 4.75. The molecule has 2 rings (SSSR count). The molecule has 1 aromatic heterocycles. The Bertz CT molecular complexity index is 333. The zero-order valence-electron chi connectivity index (χ0n) is 9.36. The van der Waals surface area contributed by atoms with Crippen LogP contribution in [0.4, 0.5) is 0 Å². The number of β-amino-alcohol motifs (C(OH)–C–C–N with tert-alkyl or cyclic N) is 1. The number of piperidine rings is 1. The maximum Gasteiger partial charge on any atom is 0.150 e. The van der Waals surface area contributed by atoms with Gasteiger partial charge in [0.1, 0.15) is 0 Å². The second-order valence-corrected chi connectivity index (χ2v) is 4.75. The Labute approximate surface area is 89.9 Å². The Morgan fingerprint density at radius 1 is 1.67 bits per heavy atom. The van der Waals surface area contributed by atoms with E-state index in [0.29, 0.717) is 6.54 Å². The number of aryl methyl sites for hydroxylation is 1. The summed E-state index contributed by atoms with van der Waals surface area (Å²) >= 11 is 0. The third-order valence-corrected chi connectivity index (χ3v) is 2.81. The van der Waals surface area contributed by atoms with Crippen LogP contribution in [0.15, 0.2) is 10.6 Å². The molecular weight excluding hydrogens is 192 g/mol. The van der Waals surface area contributed by atoms with E-state index in [0.717, 1.165) is 37.4 Å². The molecule has 15 heavy (non-hydrogen) atoms. The summed E-state index contributed by atoms with van der Waals surface area (Å²) in [5, 5.41) is 13.8. The zero-order valence-corrected chi connectivity index (χ0v) is 9.36. The minimum absolute atomic E-state index is 0.548. The Hall–Kier alpha value is -0.870. The van der Waals surface area contributed by atoms with Crippen LogP contribution in [0.5, 0.6) is 0 Å². The Morgan fingerprint density at radius 3 is 3.07 bits per heavy atom. The fourth-order valence-electron chi connectivity index (χ4n) is 2.17. The molecule has 0 bridgehead atoms. The van der Waals surface area contributed by atoms with Crippen molar-refractivity contribution in [1.82, 2.24) is 10.1 Å². The molecule has 1 atom stereocenters. The van der Waals surface area contributed by atoms with Crippen LogP contribution in [0.2, 0.25) is 0 Å². The van der Waals surface area contributed by atoms with Crippen LogP contribution in [0.3, 0.4) is 0 Å². The molecule has 1 aliphatic rings. The molecule has 1 fully saturated rings. The van der Waals surface area contributed by atoms with E-state index in [1.807, 2.05) is 19.9 Å². The van der Waals surface area contributed by atoms with Crippen molar-refractivity contribution in [2.24, 2.45) is 0 Å². The average molecular weight is 210 g/mol. The van der Waals surface area contributed by atoms with Gasteiger partial charge in [-0.25, -0.2) is 0 Å². The van der Waals surface area contributed by atoms with Crippen molar-refractivity contribution in [3.8, 4) is 0 Å². The van der Waals surface area contributed by atoms with Crippen LogP contribution in [0.25, 0.3) is 0 Å².